The lowest BCUT2D eigenvalue weighted by Crippen LogP contribution is -2.15. The van der Waals surface area contributed by atoms with E-state index in [4.69, 9.17) is 11.6 Å². The number of nitrogens with one attached hydrogen (secondary N) is 1. The maximum Gasteiger partial charge on any atom is 0.234 e. The van der Waals surface area contributed by atoms with Crippen molar-refractivity contribution in [3.05, 3.63) is 59.1 Å². The van der Waals surface area contributed by atoms with Crippen molar-refractivity contribution in [2.75, 3.05) is 11.1 Å². The van der Waals surface area contributed by atoms with Gasteiger partial charge in [-0.15, -0.1) is 10.2 Å². The predicted molar refractivity (Wildman–Crippen MR) is 107 cm³/mol. The van der Waals surface area contributed by atoms with Crippen LogP contribution in [0.5, 0.6) is 0 Å². The number of carbonyl (C=O) groups is 1. The van der Waals surface area contributed by atoms with Gasteiger partial charge in [0, 0.05) is 17.8 Å². The van der Waals surface area contributed by atoms with Crippen LogP contribution in [-0.4, -0.2) is 26.4 Å². The SMILES string of the molecule is CCn1c(SCC(=O)Nc2ccccc2C)nnc1-c1ccccc1Cl. The van der Waals surface area contributed by atoms with Gasteiger partial charge >= 0.3 is 0 Å². The second-order valence-electron chi connectivity index (χ2n) is 5.68. The number of para-hydroxylation sites is 1. The summed E-state index contributed by atoms with van der Waals surface area (Å²) in [5.74, 6) is 0.892. The summed E-state index contributed by atoms with van der Waals surface area (Å²) in [5.41, 5.74) is 2.69. The maximum absolute atomic E-state index is 12.3. The van der Waals surface area contributed by atoms with Gasteiger partial charge in [-0.2, -0.15) is 0 Å². The molecule has 0 unspecified atom stereocenters. The molecule has 0 aliphatic rings. The topological polar surface area (TPSA) is 59.8 Å². The fourth-order valence-corrected chi connectivity index (χ4v) is 3.57. The lowest BCUT2D eigenvalue weighted by molar-refractivity contribution is -0.113. The third-order valence-corrected chi connectivity index (χ3v) is 5.20. The van der Waals surface area contributed by atoms with Crippen LogP contribution in [0.2, 0.25) is 5.02 Å². The Morgan fingerprint density at radius 3 is 2.62 bits per heavy atom. The summed E-state index contributed by atoms with van der Waals surface area (Å²) in [6.07, 6.45) is 0. The predicted octanol–water partition coefficient (Wildman–Crippen LogP) is 4.66. The molecule has 0 saturated carbocycles. The molecule has 0 aliphatic carbocycles. The second-order valence-corrected chi connectivity index (χ2v) is 7.03. The zero-order valence-corrected chi connectivity index (χ0v) is 16.1. The van der Waals surface area contributed by atoms with Crippen LogP contribution in [0, 0.1) is 6.92 Å². The Labute approximate surface area is 161 Å². The molecular weight excluding hydrogens is 368 g/mol. The summed E-state index contributed by atoms with van der Waals surface area (Å²) in [5, 5.41) is 12.8. The molecule has 5 nitrogen and oxygen atoms in total. The van der Waals surface area contributed by atoms with Crippen molar-refractivity contribution < 1.29 is 4.79 Å². The number of carbonyl (C=O) groups excluding carboxylic acids is 1. The van der Waals surface area contributed by atoms with E-state index >= 15 is 0 Å². The Hall–Kier alpha value is -2.31. The fraction of sp³-hybridized carbons (Fsp3) is 0.211. The Bertz CT molecular complexity index is 925. The van der Waals surface area contributed by atoms with E-state index in [2.05, 4.69) is 15.5 Å². The van der Waals surface area contributed by atoms with Crippen LogP contribution in [0.15, 0.2) is 53.7 Å². The lowest BCUT2D eigenvalue weighted by Gasteiger charge is -2.09. The van der Waals surface area contributed by atoms with E-state index in [0.29, 0.717) is 22.5 Å². The summed E-state index contributed by atoms with van der Waals surface area (Å²) in [6, 6.07) is 15.2. The van der Waals surface area contributed by atoms with Crippen molar-refractivity contribution in [3.63, 3.8) is 0 Å². The molecule has 0 fully saturated rings. The fourth-order valence-electron chi connectivity index (χ4n) is 2.55. The number of benzene rings is 2. The summed E-state index contributed by atoms with van der Waals surface area (Å²) in [7, 11) is 0. The molecule has 3 aromatic rings. The first kappa shape index (κ1) is 18.5. The first-order valence-electron chi connectivity index (χ1n) is 8.26. The second kappa shape index (κ2) is 8.38. The highest BCUT2D eigenvalue weighted by Crippen LogP contribution is 2.29. The van der Waals surface area contributed by atoms with Crippen molar-refractivity contribution in [3.8, 4) is 11.4 Å². The summed E-state index contributed by atoms with van der Waals surface area (Å²) < 4.78 is 1.97. The van der Waals surface area contributed by atoms with Crippen molar-refractivity contribution in [1.29, 1.82) is 0 Å². The monoisotopic (exact) mass is 386 g/mol. The Morgan fingerprint density at radius 2 is 1.88 bits per heavy atom. The van der Waals surface area contributed by atoms with Crippen molar-refractivity contribution in [2.24, 2.45) is 0 Å². The Kier molecular flexibility index (Phi) is 5.96. The van der Waals surface area contributed by atoms with Crippen LogP contribution in [-0.2, 0) is 11.3 Å². The number of halogens is 1. The van der Waals surface area contributed by atoms with Gasteiger partial charge in [0.2, 0.25) is 5.91 Å². The maximum atomic E-state index is 12.3. The van der Waals surface area contributed by atoms with Crippen LogP contribution in [0.3, 0.4) is 0 Å². The zero-order chi connectivity index (χ0) is 18.5. The van der Waals surface area contributed by atoms with E-state index in [0.717, 1.165) is 16.8 Å². The molecule has 134 valence electrons. The van der Waals surface area contributed by atoms with Gasteiger partial charge in [0.1, 0.15) is 0 Å². The number of nitrogens with zero attached hydrogens (tertiary/aromatic N) is 3. The number of rotatable bonds is 6. The van der Waals surface area contributed by atoms with Crippen molar-refractivity contribution in [1.82, 2.24) is 14.8 Å². The average Bonchev–Trinajstić information content (AvgIpc) is 3.05. The molecule has 0 atom stereocenters. The quantitative estimate of drug-likeness (QED) is 0.626. The van der Waals surface area contributed by atoms with Gasteiger partial charge in [0.15, 0.2) is 11.0 Å². The normalized spacial score (nSPS) is 10.7. The van der Waals surface area contributed by atoms with Crippen molar-refractivity contribution in [2.45, 2.75) is 25.5 Å². The van der Waals surface area contributed by atoms with E-state index in [-0.39, 0.29) is 11.7 Å². The van der Waals surface area contributed by atoms with Crippen LogP contribution < -0.4 is 5.32 Å². The van der Waals surface area contributed by atoms with Crippen LogP contribution in [0.1, 0.15) is 12.5 Å². The molecule has 1 aromatic heterocycles. The number of aromatic nitrogens is 3. The number of anilines is 1. The van der Waals surface area contributed by atoms with Crippen molar-refractivity contribution >= 4 is 35.0 Å². The highest BCUT2D eigenvalue weighted by Gasteiger charge is 2.16. The largest absolute Gasteiger partial charge is 0.325 e. The van der Waals surface area contributed by atoms with Crippen LogP contribution in [0.25, 0.3) is 11.4 Å². The van der Waals surface area contributed by atoms with Gasteiger partial charge in [-0.1, -0.05) is 53.7 Å². The minimum Gasteiger partial charge on any atom is -0.325 e. The summed E-state index contributed by atoms with van der Waals surface area (Å²) in [6.45, 7) is 4.67. The Balaban J connectivity index is 1.72. The van der Waals surface area contributed by atoms with E-state index in [1.54, 1.807) is 0 Å². The third kappa shape index (κ3) is 4.08. The van der Waals surface area contributed by atoms with E-state index in [9.17, 15) is 4.79 Å². The van der Waals surface area contributed by atoms with E-state index in [1.807, 2.05) is 66.9 Å². The lowest BCUT2D eigenvalue weighted by atomic mass is 10.2. The highest BCUT2D eigenvalue weighted by atomic mass is 35.5. The molecule has 2 aromatic carbocycles. The summed E-state index contributed by atoms with van der Waals surface area (Å²) >= 11 is 7.64. The number of aryl methyl sites for hydroxylation is 1. The van der Waals surface area contributed by atoms with Gasteiger partial charge in [0.25, 0.3) is 0 Å². The zero-order valence-electron chi connectivity index (χ0n) is 14.6. The molecule has 0 bridgehead atoms. The average molecular weight is 387 g/mol. The van der Waals surface area contributed by atoms with Gasteiger partial charge in [-0.25, -0.2) is 0 Å². The molecule has 0 saturated heterocycles. The van der Waals surface area contributed by atoms with Gasteiger partial charge in [-0.3, -0.25) is 4.79 Å². The molecule has 1 N–H and O–H groups in total. The molecule has 1 amide bonds. The van der Waals surface area contributed by atoms with E-state index in [1.165, 1.54) is 11.8 Å². The standard InChI is InChI=1S/C19H19ClN4OS/c1-3-24-18(14-9-5-6-10-15(14)20)22-23-19(24)26-12-17(25)21-16-11-7-4-8-13(16)2/h4-11H,3,12H2,1-2H3,(H,21,25). The van der Waals surface area contributed by atoms with Crippen LogP contribution >= 0.6 is 23.4 Å². The third-order valence-electron chi connectivity index (χ3n) is 3.90. The minimum absolute atomic E-state index is 0.0748. The van der Waals surface area contributed by atoms with Gasteiger partial charge in [0.05, 0.1) is 10.8 Å². The molecule has 26 heavy (non-hydrogen) atoms. The van der Waals surface area contributed by atoms with Gasteiger partial charge in [-0.05, 0) is 37.6 Å². The number of hydrogen-bond acceptors (Lipinski definition) is 4. The molecule has 3 rings (SSSR count). The van der Waals surface area contributed by atoms with Gasteiger partial charge < -0.3 is 9.88 Å². The molecule has 0 aliphatic heterocycles. The first-order chi connectivity index (χ1) is 12.6. The number of hydrogen-bond donors (Lipinski definition) is 1. The molecule has 0 spiro atoms. The molecular formula is C19H19ClN4OS. The number of amides is 1. The Morgan fingerprint density at radius 1 is 1.15 bits per heavy atom. The minimum atomic E-state index is -0.0748. The smallest absolute Gasteiger partial charge is 0.234 e. The van der Waals surface area contributed by atoms with E-state index < -0.39 is 0 Å². The molecule has 1 heterocycles. The van der Waals surface area contributed by atoms with Crippen LogP contribution in [0.4, 0.5) is 5.69 Å². The summed E-state index contributed by atoms with van der Waals surface area (Å²) in [4.78, 5) is 12.3. The first-order valence-corrected chi connectivity index (χ1v) is 9.63. The molecule has 7 heteroatoms. The molecule has 0 radical (unpaired) electrons. The number of thioether (sulfide) groups is 1. The highest BCUT2D eigenvalue weighted by molar-refractivity contribution is 7.99.